The van der Waals surface area contributed by atoms with Gasteiger partial charge in [-0.05, 0) is 12.8 Å². The molecule has 29 heavy (non-hydrogen) atoms. The molecule has 1 aliphatic rings. The summed E-state index contributed by atoms with van der Waals surface area (Å²) in [6, 6.07) is 0. The van der Waals surface area contributed by atoms with Gasteiger partial charge < -0.3 is 25.6 Å². The van der Waals surface area contributed by atoms with Crippen molar-refractivity contribution < 1.29 is 14.9 Å². The lowest BCUT2D eigenvalue weighted by atomic mass is 10.2. The van der Waals surface area contributed by atoms with E-state index in [1.165, 1.54) is 0 Å². The summed E-state index contributed by atoms with van der Waals surface area (Å²) in [6.45, 7) is 5.95. The normalized spacial score (nSPS) is 22.1. The Bertz CT molecular complexity index is 817. The van der Waals surface area contributed by atoms with Gasteiger partial charge in [0.15, 0.2) is 11.9 Å². The molecule has 1 aliphatic heterocycles. The van der Waals surface area contributed by atoms with E-state index in [1.54, 1.807) is 17.2 Å². The molecule has 3 heterocycles. The van der Waals surface area contributed by atoms with E-state index in [4.69, 9.17) is 10.5 Å². The lowest BCUT2D eigenvalue weighted by Gasteiger charge is -2.18. The molecule has 3 atom stereocenters. The Morgan fingerprint density at radius 3 is 2.66 bits per heavy atom. The number of aliphatic imine (C=N–C) groups is 1. The second kappa shape index (κ2) is 9.95. The monoisotopic (exact) mass is 405 g/mol. The van der Waals surface area contributed by atoms with Crippen LogP contribution in [0.2, 0.25) is 0 Å². The molecule has 10 heteroatoms. The van der Waals surface area contributed by atoms with Crippen molar-refractivity contribution >= 4 is 29.1 Å². The van der Waals surface area contributed by atoms with Crippen molar-refractivity contribution in [3.05, 3.63) is 6.20 Å². The van der Waals surface area contributed by atoms with Crippen molar-refractivity contribution in [2.24, 2.45) is 4.99 Å². The highest BCUT2D eigenvalue weighted by atomic mass is 16.5. The van der Waals surface area contributed by atoms with Crippen LogP contribution >= 0.6 is 0 Å². The number of aliphatic hydroxyl groups is 2. The first-order valence-electron chi connectivity index (χ1n) is 10.3. The molecule has 1 fully saturated rings. The molecule has 0 unspecified atom stereocenters. The SMILES string of the molecule is CCCCN(C=Nc1nc(N)c2cnn([C@H]3C[C@H](O)[C@@H](CO)O3)c2n1)CCCC. The first-order valence-corrected chi connectivity index (χ1v) is 10.3. The molecule has 2 aromatic rings. The molecule has 3 rings (SSSR count). The molecule has 2 aromatic heterocycles. The Morgan fingerprint density at radius 2 is 2.03 bits per heavy atom. The van der Waals surface area contributed by atoms with Gasteiger partial charge in [0.1, 0.15) is 11.9 Å². The molecule has 10 nitrogen and oxygen atoms in total. The van der Waals surface area contributed by atoms with Crippen molar-refractivity contribution in [2.75, 3.05) is 25.4 Å². The number of fused-ring (bicyclic) bond motifs is 1. The highest BCUT2D eigenvalue weighted by Crippen LogP contribution is 2.31. The van der Waals surface area contributed by atoms with Crippen molar-refractivity contribution in [3.63, 3.8) is 0 Å². The Morgan fingerprint density at radius 1 is 1.31 bits per heavy atom. The molecule has 0 saturated carbocycles. The first-order chi connectivity index (χ1) is 14.1. The van der Waals surface area contributed by atoms with Gasteiger partial charge in [-0.3, -0.25) is 0 Å². The smallest absolute Gasteiger partial charge is 0.254 e. The molecular formula is C19H31N7O3. The van der Waals surface area contributed by atoms with Crippen molar-refractivity contribution in [1.29, 1.82) is 0 Å². The average Bonchev–Trinajstić information content (AvgIpc) is 3.30. The Balaban J connectivity index is 1.84. The van der Waals surface area contributed by atoms with E-state index < -0.39 is 18.4 Å². The Hall–Kier alpha value is -2.30. The van der Waals surface area contributed by atoms with E-state index in [1.807, 2.05) is 0 Å². The zero-order chi connectivity index (χ0) is 20.8. The number of anilines is 1. The fraction of sp³-hybridized carbons (Fsp3) is 0.684. The van der Waals surface area contributed by atoms with Crippen LogP contribution < -0.4 is 5.73 Å². The van der Waals surface area contributed by atoms with Crippen molar-refractivity contribution in [1.82, 2.24) is 24.6 Å². The van der Waals surface area contributed by atoms with Crippen LogP contribution in [0.3, 0.4) is 0 Å². The number of aromatic nitrogens is 4. The summed E-state index contributed by atoms with van der Waals surface area (Å²) in [6.07, 6.45) is 6.17. The maximum atomic E-state index is 10.0. The average molecular weight is 406 g/mol. The van der Waals surface area contributed by atoms with E-state index in [2.05, 4.69) is 38.8 Å². The molecule has 0 spiro atoms. The van der Waals surface area contributed by atoms with Crippen molar-refractivity contribution in [3.8, 4) is 0 Å². The van der Waals surface area contributed by atoms with Crippen LogP contribution in [0, 0.1) is 0 Å². The second-order valence-corrected chi connectivity index (χ2v) is 7.34. The number of unbranched alkanes of at least 4 members (excludes halogenated alkanes) is 2. The topological polar surface area (TPSA) is 135 Å². The van der Waals surface area contributed by atoms with Crippen LogP contribution in [-0.2, 0) is 4.74 Å². The van der Waals surface area contributed by atoms with Crippen LogP contribution in [0.5, 0.6) is 0 Å². The number of ether oxygens (including phenoxy) is 1. The highest BCUT2D eigenvalue weighted by molar-refractivity contribution is 5.86. The quantitative estimate of drug-likeness (QED) is 0.401. The van der Waals surface area contributed by atoms with E-state index in [0.717, 1.165) is 38.8 Å². The molecule has 160 valence electrons. The standard InChI is InChI=1S/C19H31N7O3/c1-3-5-7-25(8-6-4-2)12-21-19-23-17(20)13-10-22-26(18(13)24-19)16-9-14(28)15(11-27)29-16/h10,12,14-16,27-28H,3-9,11H2,1-2H3,(H2,20,23,24)/t14-,15+,16+/m0/s1. The molecular weight excluding hydrogens is 374 g/mol. The molecule has 0 amide bonds. The third-order valence-electron chi connectivity index (χ3n) is 5.06. The zero-order valence-electron chi connectivity index (χ0n) is 17.1. The minimum absolute atomic E-state index is 0.255. The highest BCUT2D eigenvalue weighted by Gasteiger charge is 2.36. The van der Waals surface area contributed by atoms with Crippen LogP contribution in [0.25, 0.3) is 11.0 Å². The van der Waals surface area contributed by atoms with Gasteiger partial charge in [0.25, 0.3) is 5.95 Å². The lowest BCUT2D eigenvalue weighted by Crippen LogP contribution is -2.24. The summed E-state index contributed by atoms with van der Waals surface area (Å²) in [7, 11) is 0. The number of hydrogen-bond donors (Lipinski definition) is 3. The van der Waals surface area contributed by atoms with Gasteiger partial charge >= 0.3 is 0 Å². The molecule has 0 aromatic carbocycles. The zero-order valence-corrected chi connectivity index (χ0v) is 17.1. The Kier molecular flexibility index (Phi) is 7.34. The summed E-state index contributed by atoms with van der Waals surface area (Å²) in [5, 5.41) is 24.2. The van der Waals surface area contributed by atoms with Crippen LogP contribution in [-0.4, -0.2) is 73.1 Å². The molecule has 1 saturated heterocycles. The molecule has 0 aliphatic carbocycles. The fourth-order valence-corrected chi connectivity index (χ4v) is 3.32. The van der Waals surface area contributed by atoms with Crippen molar-refractivity contribution in [2.45, 2.75) is 64.4 Å². The number of hydrogen-bond acceptors (Lipinski definition) is 8. The van der Waals surface area contributed by atoms with Gasteiger partial charge in [0.05, 0.1) is 30.6 Å². The van der Waals surface area contributed by atoms with Gasteiger partial charge in [-0.15, -0.1) is 0 Å². The summed E-state index contributed by atoms with van der Waals surface area (Å²) in [5.74, 6) is 0.548. The van der Waals surface area contributed by atoms with Gasteiger partial charge in [0, 0.05) is 19.5 Å². The molecule has 0 radical (unpaired) electrons. The number of nitrogen functional groups attached to an aromatic ring is 1. The largest absolute Gasteiger partial charge is 0.394 e. The minimum Gasteiger partial charge on any atom is -0.394 e. The van der Waals surface area contributed by atoms with E-state index in [0.29, 0.717) is 23.3 Å². The summed E-state index contributed by atoms with van der Waals surface area (Å²) in [5.41, 5.74) is 6.59. The second-order valence-electron chi connectivity index (χ2n) is 7.34. The molecule has 4 N–H and O–H groups in total. The fourth-order valence-electron chi connectivity index (χ4n) is 3.32. The van der Waals surface area contributed by atoms with E-state index >= 15 is 0 Å². The predicted octanol–water partition coefficient (Wildman–Crippen LogP) is 1.61. The van der Waals surface area contributed by atoms with Crippen LogP contribution in [0.4, 0.5) is 11.8 Å². The number of aliphatic hydroxyl groups excluding tert-OH is 2. The molecule has 0 bridgehead atoms. The third-order valence-corrected chi connectivity index (χ3v) is 5.06. The van der Waals surface area contributed by atoms with E-state index in [-0.39, 0.29) is 12.6 Å². The number of rotatable bonds is 10. The summed E-state index contributed by atoms with van der Waals surface area (Å²) in [4.78, 5) is 15.4. The van der Waals surface area contributed by atoms with Gasteiger partial charge in [-0.2, -0.15) is 15.1 Å². The Labute approximate surface area is 170 Å². The third kappa shape index (κ3) is 5.01. The maximum Gasteiger partial charge on any atom is 0.254 e. The van der Waals surface area contributed by atoms with Gasteiger partial charge in [-0.1, -0.05) is 26.7 Å². The number of nitrogens with two attached hydrogens (primary N) is 1. The lowest BCUT2D eigenvalue weighted by molar-refractivity contribution is -0.0470. The van der Waals surface area contributed by atoms with Gasteiger partial charge in [0.2, 0.25) is 0 Å². The summed E-state index contributed by atoms with van der Waals surface area (Å²) < 4.78 is 7.26. The predicted molar refractivity (Wildman–Crippen MR) is 111 cm³/mol. The maximum absolute atomic E-state index is 10.0. The number of nitrogens with zero attached hydrogens (tertiary/aromatic N) is 6. The first kappa shape index (κ1) is 21.4. The van der Waals surface area contributed by atoms with Crippen LogP contribution in [0.1, 0.15) is 52.2 Å². The minimum atomic E-state index is -0.758. The summed E-state index contributed by atoms with van der Waals surface area (Å²) >= 11 is 0. The van der Waals surface area contributed by atoms with Crippen LogP contribution in [0.15, 0.2) is 11.2 Å². The van der Waals surface area contributed by atoms with Gasteiger partial charge in [-0.25, -0.2) is 9.67 Å². The van der Waals surface area contributed by atoms with E-state index in [9.17, 15) is 10.2 Å².